The fourth-order valence-electron chi connectivity index (χ4n) is 2.68. The van der Waals surface area contributed by atoms with Gasteiger partial charge in [0, 0.05) is 6.42 Å². The van der Waals surface area contributed by atoms with Gasteiger partial charge < -0.3 is 14.6 Å². The monoisotopic (exact) mass is 386 g/mol. The Labute approximate surface area is 164 Å². The van der Waals surface area contributed by atoms with Crippen LogP contribution >= 0.6 is 0 Å². The smallest absolute Gasteiger partial charge is 0.307 e. The molecule has 27 heavy (non-hydrogen) atoms. The summed E-state index contributed by atoms with van der Waals surface area (Å²) in [5, 5.41) is 9.22. The molecule has 1 unspecified atom stereocenters. The predicted molar refractivity (Wildman–Crippen MR) is 104 cm³/mol. The van der Waals surface area contributed by atoms with E-state index in [1.54, 1.807) is 20.8 Å². The molecule has 0 bridgehead atoms. The van der Waals surface area contributed by atoms with Gasteiger partial charge in [-0.3, -0.25) is 14.4 Å². The van der Waals surface area contributed by atoms with Gasteiger partial charge in [-0.2, -0.15) is 0 Å². The summed E-state index contributed by atoms with van der Waals surface area (Å²) in [5.74, 6) is -3.01. The molecular formula is C21H38O6. The number of carbonyl (C=O) groups is 3. The normalized spacial score (nSPS) is 12.4. The number of carbonyl (C=O) groups excluding carboxylic acids is 2. The van der Waals surface area contributed by atoms with Crippen LogP contribution in [0.25, 0.3) is 0 Å². The van der Waals surface area contributed by atoms with Crippen LogP contribution in [0, 0.1) is 5.92 Å². The molecule has 0 fully saturated rings. The van der Waals surface area contributed by atoms with Crippen LogP contribution in [0.2, 0.25) is 0 Å². The minimum Gasteiger partial charge on any atom is -0.481 e. The Morgan fingerprint density at radius 2 is 1.44 bits per heavy atom. The summed E-state index contributed by atoms with van der Waals surface area (Å²) in [6.45, 7) is 7.75. The van der Waals surface area contributed by atoms with Crippen molar-refractivity contribution in [2.24, 2.45) is 5.92 Å². The second kappa shape index (κ2) is 14.5. The predicted octanol–water partition coefficient (Wildman–Crippen LogP) is 4.88. The summed E-state index contributed by atoms with van der Waals surface area (Å²) >= 11 is 0. The van der Waals surface area contributed by atoms with Gasteiger partial charge in [0.25, 0.3) is 0 Å². The third-order valence-electron chi connectivity index (χ3n) is 4.14. The highest BCUT2D eigenvalue weighted by Gasteiger charge is 2.25. The summed E-state index contributed by atoms with van der Waals surface area (Å²) in [5.41, 5.74) is -0.658. The van der Waals surface area contributed by atoms with Crippen molar-refractivity contribution in [2.45, 2.75) is 104 Å². The molecule has 0 heterocycles. The van der Waals surface area contributed by atoms with Crippen LogP contribution in [0.4, 0.5) is 0 Å². The Balaban J connectivity index is 3.89. The lowest BCUT2D eigenvalue weighted by Crippen LogP contribution is -2.27. The van der Waals surface area contributed by atoms with Crippen molar-refractivity contribution in [3.05, 3.63) is 0 Å². The minimum absolute atomic E-state index is 0.00319. The molecule has 158 valence electrons. The molecule has 0 rings (SSSR count). The quantitative estimate of drug-likeness (QED) is 0.318. The zero-order chi connectivity index (χ0) is 20.7. The topological polar surface area (TPSA) is 89.9 Å². The maximum atomic E-state index is 11.8. The fraction of sp³-hybridized carbons (Fsp3) is 0.857. The van der Waals surface area contributed by atoms with Gasteiger partial charge in [0.15, 0.2) is 0 Å². The number of hydrogen-bond acceptors (Lipinski definition) is 5. The first kappa shape index (κ1) is 25.4. The SMILES string of the molecule is CCCCCCCCCCOC(=O)CCC(CC(=O)OC(C)(C)C)C(=O)O. The number of rotatable bonds is 15. The number of hydrogen-bond donors (Lipinski definition) is 1. The lowest BCUT2D eigenvalue weighted by atomic mass is 9.99. The number of carboxylic acids is 1. The van der Waals surface area contributed by atoms with E-state index in [4.69, 9.17) is 9.47 Å². The van der Waals surface area contributed by atoms with Gasteiger partial charge in [0.2, 0.25) is 0 Å². The van der Waals surface area contributed by atoms with E-state index in [-0.39, 0.29) is 19.3 Å². The largest absolute Gasteiger partial charge is 0.481 e. The molecule has 0 saturated carbocycles. The van der Waals surface area contributed by atoms with E-state index < -0.39 is 29.4 Å². The van der Waals surface area contributed by atoms with Crippen molar-refractivity contribution in [1.82, 2.24) is 0 Å². The minimum atomic E-state index is -1.10. The molecule has 0 aliphatic rings. The fourth-order valence-corrected chi connectivity index (χ4v) is 2.68. The van der Waals surface area contributed by atoms with E-state index >= 15 is 0 Å². The van der Waals surface area contributed by atoms with Crippen molar-refractivity contribution >= 4 is 17.9 Å². The first-order valence-electron chi connectivity index (χ1n) is 10.3. The van der Waals surface area contributed by atoms with Gasteiger partial charge in [0.05, 0.1) is 18.9 Å². The molecule has 0 aromatic carbocycles. The van der Waals surface area contributed by atoms with E-state index in [9.17, 15) is 19.5 Å². The zero-order valence-corrected chi connectivity index (χ0v) is 17.6. The molecule has 1 N–H and O–H groups in total. The van der Waals surface area contributed by atoms with Gasteiger partial charge in [-0.1, -0.05) is 51.9 Å². The molecule has 0 saturated heterocycles. The van der Waals surface area contributed by atoms with Crippen LogP contribution in [0.3, 0.4) is 0 Å². The van der Waals surface area contributed by atoms with E-state index in [2.05, 4.69) is 6.92 Å². The van der Waals surface area contributed by atoms with Gasteiger partial charge in [0.1, 0.15) is 5.60 Å². The molecule has 0 aromatic rings. The van der Waals surface area contributed by atoms with Gasteiger partial charge in [-0.05, 0) is 33.6 Å². The Bertz CT molecular complexity index is 438. The molecule has 0 aliphatic carbocycles. The van der Waals surface area contributed by atoms with Crippen molar-refractivity contribution in [1.29, 1.82) is 0 Å². The lowest BCUT2D eigenvalue weighted by molar-refractivity contribution is -0.160. The Morgan fingerprint density at radius 3 is 1.96 bits per heavy atom. The summed E-state index contributed by atoms with van der Waals surface area (Å²) < 4.78 is 10.3. The first-order chi connectivity index (χ1) is 12.7. The molecular weight excluding hydrogens is 348 g/mol. The number of aliphatic carboxylic acids is 1. The van der Waals surface area contributed by atoms with Crippen LogP contribution in [0.15, 0.2) is 0 Å². The van der Waals surface area contributed by atoms with Crippen molar-refractivity contribution in [3.8, 4) is 0 Å². The van der Waals surface area contributed by atoms with Crippen LogP contribution in [0.5, 0.6) is 0 Å². The highest BCUT2D eigenvalue weighted by atomic mass is 16.6. The Kier molecular flexibility index (Phi) is 13.6. The third kappa shape index (κ3) is 16.3. The zero-order valence-electron chi connectivity index (χ0n) is 17.6. The van der Waals surface area contributed by atoms with E-state index in [1.807, 2.05) is 0 Å². The number of esters is 2. The van der Waals surface area contributed by atoms with E-state index in [0.29, 0.717) is 6.61 Å². The molecule has 0 amide bonds. The Morgan fingerprint density at radius 1 is 0.889 bits per heavy atom. The van der Waals surface area contributed by atoms with Gasteiger partial charge >= 0.3 is 17.9 Å². The molecule has 0 radical (unpaired) electrons. The van der Waals surface area contributed by atoms with E-state index in [0.717, 1.165) is 19.3 Å². The average molecular weight is 387 g/mol. The van der Waals surface area contributed by atoms with Gasteiger partial charge in [-0.15, -0.1) is 0 Å². The summed E-state index contributed by atoms with van der Waals surface area (Å²) in [6, 6.07) is 0. The van der Waals surface area contributed by atoms with Crippen LogP contribution < -0.4 is 0 Å². The average Bonchev–Trinajstić information content (AvgIpc) is 2.55. The highest BCUT2D eigenvalue weighted by molar-refractivity contribution is 5.79. The molecule has 0 aromatic heterocycles. The number of unbranched alkanes of at least 4 members (excludes halogenated alkanes) is 7. The standard InChI is InChI=1S/C21H38O6/c1-5-6-7-8-9-10-11-12-15-26-18(22)14-13-17(20(24)25)16-19(23)27-21(2,3)4/h17H,5-16H2,1-4H3,(H,24,25). The van der Waals surface area contributed by atoms with E-state index in [1.165, 1.54) is 32.1 Å². The van der Waals surface area contributed by atoms with Crippen molar-refractivity contribution in [3.63, 3.8) is 0 Å². The van der Waals surface area contributed by atoms with Crippen LogP contribution in [0.1, 0.15) is 98.3 Å². The maximum absolute atomic E-state index is 11.8. The van der Waals surface area contributed by atoms with Gasteiger partial charge in [-0.25, -0.2) is 0 Å². The van der Waals surface area contributed by atoms with Crippen LogP contribution in [-0.2, 0) is 23.9 Å². The number of ether oxygens (including phenoxy) is 2. The summed E-state index contributed by atoms with van der Waals surface area (Å²) in [4.78, 5) is 34.8. The molecule has 1 atom stereocenters. The van der Waals surface area contributed by atoms with Crippen molar-refractivity contribution in [2.75, 3.05) is 6.61 Å². The lowest BCUT2D eigenvalue weighted by Gasteiger charge is -2.20. The summed E-state index contributed by atoms with van der Waals surface area (Å²) in [6.07, 6.45) is 9.17. The van der Waals surface area contributed by atoms with Crippen LogP contribution in [-0.4, -0.2) is 35.2 Å². The van der Waals surface area contributed by atoms with Crippen molar-refractivity contribution < 1.29 is 29.0 Å². The molecule has 0 spiro atoms. The summed E-state index contributed by atoms with van der Waals surface area (Å²) in [7, 11) is 0. The maximum Gasteiger partial charge on any atom is 0.307 e. The number of carboxylic acid groups (broad SMARTS) is 1. The second-order valence-corrected chi connectivity index (χ2v) is 8.06. The molecule has 6 heteroatoms. The Hall–Kier alpha value is -1.59. The highest BCUT2D eigenvalue weighted by Crippen LogP contribution is 2.17. The third-order valence-corrected chi connectivity index (χ3v) is 4.14. The first-order valence-corrected chi connectivity index (χ1v) is 10.3. The second-order valence-electron chi connectivity index (χ2n) is 8.06. The molecule has 6 nitrogen and oxygen atoms in total. The molecule has 0 aliphatic heterocycles.